The van der Waals surface area contributed by atoms with Crippen molar-refractivity contribution in [1.29, 1.82) is 0 Å². The molecule has 48 heavy (non-hydrogen) atoms. The van der Waals surface area contributed by atoms with Crippen LogP contribution in [0.5, 0.6) is 0 Å². The quantitative estimate of drug-likeness (QED) is 0.0513. The molecule has 0 amide bonds. The summed E-state index contributed by atoms with van der Waals surface area (Å²) < 4.78 is 71.6. The van der Waals surface area contributed by atoms with E-state index in [1.54, 1.807) is 0 Å². The second-order valence-corrected chi connectivity index (χ2v) is 16.3. The molecule has 0 saturated carbocycles. The monoisotopic (exact) mass is 736 g/mol. The van der Waals surface area contributed by atoms with Gasteiger partial charge in [-0.2, -0.15) is 0 Å². The van der Waals surface area contributed by atoms with Gasteiger partial charge in [-0.15, -0.1) is 11.6 Å². The van der Waals surface area contributed by atoms with Crippen LogP contribution < -0.4 is 0 Å². The van der Waals surface area contributed by atoms with Gasteiger partial charge in [0.15, 0.2) is 8.32 Å². The van der Waals surface area contributed by atoms with E-state index in [0.717, 1.165) is 25.3 Å². The zero-order valence-electron chi connectivity index (χ0n) is 30.4. The number of hydrogen-bond donors (Lipinski definition) is 0. The van der Waals surface area contributed by atoms with E-state index in [1.807, 2.05) is 0 Å². The molecule has 0 atom stereocenters. The Bertz CT molecular complexity index is 594. The van der Waals surface area contributed by atoms with Gasteiger partial charge < -0.3 is 61.3 Å². The number of ether oxygens (including phenoxy) is 12. The van der Waals surface area contributed by atoms with Crippen LogP contribution in [0.2, 0.25) is 19.6 Å². The Morgan fingerprint density at radius 3 is 0.708 bits per heavy atom. The molecule has 0 aromatic heterocycles. The highest BCUT2D eigenvalue weighted by Crippen LogP contribution is 2.02. The van der Waals surface area contributed by atoms with E-state index < -0.39 is 8.32 Å². The predicted octanol–water partition coefficient (Wildman–Crippen LogP) is 3.84. The fourth-order valence-corrected chi connectivity index (χ4v) is 4.46. The molecular formula is C33H69ClO13Si. The van der Waals surface area contributed by atoms with E-state index in [9.17, 15) is 0 Å². The first kappa shape index (κ1) is 48.0. The van der Waals surface area contributed by atoms with E-state index in [2.05, 4.69) is 19.6 Å². The molecule has 15 heteroatoms. The van der Waals surface area contributed by atoms with Crippen LogP contribution in [0.4, 0.5) is 0 Å². The molecule has 0 N–H and O–H groups in total. The first-order valence-electron chi connectivity index (χ1n) is 17.7. The molecule has 0 fully saturated rings. The highest BCUT2D eigenvalue weighted by molar-refractivity contribution is 6.69. The number of halogens is 1. The van der Waals surface area contributed by atoms with Crippen molar-refractivity contribution in [2.45, 2.75) is 45.3 Å². The van der Waals surface area contributed by atoms with E-state index in [0.29, 0.717) is 159 Å². The van der Waals surface area contributed by atoms with Gasteiger partial charge in [0, 0.05) is 12.5 Å². The number of alkyl halides is 1. The van der Waals surface area contributed by atoms with E-state index in [4.69, 9.17) is 72.9 Å². The van der Waals surface area contributed by atoms with Crippen LogP contribution in [-0.4, -0.2) is 179 Å². The van der Waals surface area contributed by atoms with Crippen LogP contribution in [0, 0.1) is 0 Å². The van der Waals surface area contributed by atoms with Crippen LogP contribution in [0.25, 0.3) is 0 Å². The lowest BCUT2D eigenvalue weighted by Crippen LogP contribution is -2.27. The summed E-state index contributed by atoms with van der Waals surface area (Å²) in [5, 5.41) is 0. The second-order valence-electron chi connectivity index (χ2n) is 11.4. The molecule has 0 aliphatic heterocycles. The molecule has 0 aliphatic rings. The van der Waals surface area contributed by atoms with Crippen LogP contribution in [0.15, 0.2) is 0 Å². The van der Waals surface area contributed by atoms with E-state index in [-0.39, 0.29) is 0 Å². The van der Waals surface area contributed by atoms with E-state index >= 15 is 0 Å². The number of rotatable bonds is 43. The van der Waals surface area contributed by atoms with Crippen molar-refractivity contribution >= 4 is 19.9 Å². The largest absolute Gasteiger partial charge is 0.415 e. The van der Waals surface area contributed by atoms with Gasteiger partial charge in [0.05, 0.1) is 159 Å². The summed E-state index contributed by atoms with van der Waals surface area (Å²) in [6.07, 6.45) is 4.50. The zero-order valence-corrected chi connectivity index (χ0v) is 32.2. The summed E-state index contributed by atoms with van der Waals surface area (Å²) in [6, 6.07) is 0. The molecule has 0 unspecified atom stereocenters. The molecule has 0 saturated heterocycles. The van der Waals surface area contributed by atoms with Gasteiger partial charge in [0.1, 0.15) is 0 Å². The number of unbranched alkanes of at least 4 members (excludes halogenated alkanes) is 3. The average molecular weight is 737 g/mol. The van der Waals surface area contributed by atoms with Gasteiger partial charge in [-0.05, 0) is 32.5 Å². The van der Waals surface area contributed by atoms with Crippen molar-refractivity contribution in [1.82, 2.24) is 0 Å². The molecule has 0 aromatic carbocycles. The van der Waals surface area contributed by atoms with E-state index in [1.165, 1.54) is 12.8 Å². The summed E-state index contributed by atoms with van der Waals surface area (Å²) in [7, 11) is -1.45. The zero-order chi connectivity index (χ0) is 34.9. The third-order valence-corrected chi connectivity index (χ3v) is 7.36. The van der Waals surface area contributed by atoms with Crippen molar-refractivity contribution in [3.63, 3.8) is 0 Å². The minimum atomic E-state index is -1.45. The summed E-state index contributed by atoms with van der Waals surface area (Å²) in [6.45, 7) is 20.3. The second kappa shape index (κ2) is 41.4. The Balaban J connectivity index is 3.05. The lowest BCUT2D eigenvalue weighted by atomic mass is 10.2. The standard InChI is InChI=1S/C33H69ClO13Si/c1-48(2,3)47-33-32-46-31-30-45-29-28-44-27-26-43-25-24-42-23-22-41-21-20-40-19-18-39-17-16-38-15-14-37-13-12-36-11-10-35-9-7-5-4-6-8-34/h4-33H2,1-3H3. The van der Waals surface area contributed by atoms with Crippen molar-refractivity contribution in [2.75, 3.05) is 171 Å². The molecule has 0 rings (SSSR count). The molecule has 0 aliphatic carbocycles. The van der Waals surface area contributed by atoms with Crippen molar-refractivity contribution < 1.29 is 61.3 Å². The summed E-state index contributed by atoms with van der Waals surface area (Å²) >= 11 is 5.65. The van der Waals surface area contributed by atoms with Crippen LogP contribution in [-0.2, 0) is 61.3 Å². The fourth-order valence-electron chi connectivity index (χ4n) is 3.58. The van der Waals surface area contributed by atoms with Gasteiger partial charge in [0.2, 0.25) is 0 Å². The Labute approximate surface area is 297 Å². The third-order valence-electron chi connectivity index (χ3n) is 6.03. The average Bonchev–Trinajstić information content (AvgIpc) is 3.06. The summed E-state index contributed by atoms with van der Waals surface area (Å²) in [5.74, 6) is 0.743. The van der Waals surface area contributed by atoms with Crippen molar-refractivity contribution in [2.24, 2.45) is 0 Å². The van der Waals surface area contributed by atoms with Gasteiger partial charge in [-0.1, -0.05) is 12.8 Å². The summed E-state index contributed by atoms with van der Waals surface area (Å²) in [4.78, 5) is 0. The first-order chi connectivity index (χ1) is 23.6. The maximum Gasteiger partial charge on any atom is 0.183 e. The maximum atomic E-state index is 5.72. The maximum absolute atomic E-state index is 5.72. The molecule has 0 heterocycles. The van der Waals surface area contributed by atoms with Crippen molar-refractivity contribution in [3.05, 3.63) is 0 Å². The van der Waals surface area contributed by atoms with Crippen molar-refractivity contribution in [3.8, 4) is 0 Å². The molecule has 13 nitrogen and oxygen atoms in total. The van der Waals surface area contributed by atoms with Gasteiger partial charge in [-0.25, -0.2) is 0 Å². The van der Waals surface area contributed by atoms with Gasteiger partial charge in [0.25, 0.3) is 0 Å². The number of hydrogen-bond acceptors (Lipinski definition) is 13. The normalized spacial score (nSPS) is 12.0. The Kier molecular flexibility index (Phi) is 41.4. The van der Waals surface area contributed by atoms with Crippen LogP contribution in [0.3, 0.4) is 0 Å². The minimum absolute atomic E-state index is 0.513. The van der Waals surface area contributed by atoms with Gasteiger partial charge in [-0.3, -0.25) is 0 Å². The first-order valence-corrected chi connectivity index (χ1v) is 21.6. The Morgan fingerprint density at radius 2 is 0.479 bits per heavy atom. The Morgan fingerprint density at radius 1 is 0.271 bits per heavy atom. The molecule has 0 aromatic rings. The van der Waals surface area contributed by atoms with Crippen LogP contribution >= 0.6 is 11.6 Å². The SMILES string of the molecule is C[Si](C)(C)OCCOCCOCCOCCOCCOCCOCCOCCOCCOCCOCCOCCOCCCCCCCl. The minimum Gasteiger partial charge on any atom is -0.415 e. The predicted molar refractivity (Wildman–Crippen MR) is 188 cm³/mol. The molecule has 0 radical (unpaired) electrons. The highest BCUT2D eigenvalue weighted by atomic mass is 35.5. The fraction of sp³-hybridized carbons (Fsp3) is 1.00. The molecule has 290 valence electrons. The Hall–Kier alpha value is -0.0131. The molecular weight excluding hydrogens is 668 g/mol. The lowest BCUT2D eigenvalue weighted by Gasteiger charge is -2.16. The third kappa shape index (κ3) is 46.0. The van der Waals surface area contributed by atoms with Crippen LogP contribution in [0.1, 0.15) is 25.7 Å². The topological polar surface area (TPSA) is 120 Å². The smallest absolute Gasteiger partial charge is 0.183 e. The van der Waals surface area contributed by atoms with Gasteiger partial charge >= 0.3 is 0 Å². The summed E-state index contributed by atoms with van der Waals surface area (Å²) in [5.41, 5.74) is 0. The molecule has 0 spiro atoms. The lowest BCUT2D eigenvalue weighted by molar-refractivity contribution is -0.0285. The highest BCUT2D eigenvalue weighted by Gasteiger charge is 2.13. The molecule has 0 bridgehead atoms.